The quantitative estimate of drug-likeness (QED) is 0.802. The van der Waals surface area contributed by atoms with Crippen molar-refractivity contribution in [1.29, 1.82) is 0 Å². The van der Waals surface area contributed by atoms with Crippen molar-refractivity contribution < 1.29 is 9.90 Å². The fourth-order valence-corrected chi connectivity index (χ4v) is 3.71. The van der Waals surface area contributed by atoms with Gasteiger partial charge in [-0.1, -0.05) is 48.9 Å². The number of amides is 1. The second-order valence-electron chi connectivity index (χ2n) is 7.09. The minimum atomic E-state index is 0.0148. The maximum atomic E-state index is 12.1. The van der Waals surface area contributed by atoms with Crippen molar-refractivity contribution in [3.8, 4) is 5.75 Å². The molecular formula is C22H28N2O2. The van der Waals surface area contributed by atoms with Crippen LogP contribution in [0, 0.1) is 0 Å². The highest BCUT2D eigenvalue weighted by molar-refractivity contribution is 5.78. The van der Waals surface area contributed by atoms with Crippen molar-refractivity contribution in [3.63, 3.8) is 0 Å². The molecule has 2 aromatic rings. The molecule has 0 spiro atoms. The lowest BCUT2D eigenvalue weighted by Crippen LogP contribution is -2.41. The number of phenolic OH excluding ortho intramolecular Hbond substituents is 1. The zero-order valence-electron chi connectivity index (χ0n) is 15.2. The Kier molecular flexibility index (Phi) is 6.67. The topological polar surface area (TPSA) is 52.6 Å². The molecule has 0 aliphatic carbocycles. The second kappa shape index (κ2) is 9.39. The molecule has 4 heteroatoms. The first-order valence-corrected chi connectivity index (χ1v) is 9.53. The number of aromatic hydroxyl groups is 1. The first-order chi connectivity index (χ1) is 12.7. The van der Waals surface area contributed by atoms with E-state index >= 15 is 0 Å². The van der Waals surface area contributed by atoms with E-state index < -0.39 is 0 Å². The molecule has 1 amide bonds. The molecule has 1 saturated heterocycles. The van der Waals surface area contributed by atoms with Crippen LogP contribution in [0.2, 0.25) is 0 Å². The fraction of sp³-hybridized carbons (Fsp3) is 0.409. The molecule has 0 radical (unpaired) electrons. The van der Waals surface area contributed by atoms with Gasteiger partial charge in [0.25, 0.3) is 0 Å². The number of carbonyl (C=O) groups is 1. The Hall–Kier alpha value is -2.33. The number of rotatable bonds is 7. The molecule has 26 heavy (non-hydrogen) atoms. The van der Waals surface area contributed by atoms with Crippen molar-refractivity contribution in [2.75, 3.05) is 13.1 Å². The van der Waals surface area contributed by atoms with E-state index in [2.05, 4.69) is 40.5 Å². The van der Waals surface area contributed by atoms with E-state index in [-0.39, 0.29) is 11.7 Å². The summed E-state index contributed by atoms with van der Waals surface area (Å²) in [5, 5.41) is 12.5. The summed E-state index contributed by atoms with van der Waals surface area (Å²) in [5.41, 5.74) is 2.19. The van der Waals surface area contributed by atoms with Crippen LogP contribution >= 0.6 is 0 Å². The zero-order valence-corrected chi connectivity index (χ0v) is 15.2. The molecule has 1 atom stereocenters. The average molecular weight is 352 g/mol. The van der Waals surface area contributed by atoms with E-state index in [1.807, 2.05) is 6.07 Å². The monoisotopic (exact) mass is 352 g/mol. The zero-order chi connectivity index (χ0) is 18.2. The number of carbonyl (C=O) groups excluding carboxylic acids is 1. The van der Waals surface area contributed by atoms with E-state index in [1.165, 1.54) is 24.8 Å². The van der Waals surface area contributed by atoms with Crippen LogP contribution in [-0.4, -0.2) is 35.0 Å². The van der Waals surface area contributed by atoms with Gasteiger partial charge in [0.15, 0.2) is 0 Å². The summed E-state index contributed by atoms with van der Waals surface area (Å²) >= 11 is 0. The lowest BCUT2D eigenvalue weighted by molar-refractivity contribution is -0.120. The van der Waals surface area contributed by atoms with Gasteiger partial charge in [-0.25, -0.2) is 0 Å². The molecule has 2 aromatic carbocycles. The van der Waals surface area contributed by atoms with E-state index in [0.29, 0.717) is 19.0 Å². The third-order valence-corrected chi connectivity index (χ3v) is 5.05. The Morgan fingerprint density at radius 3 is 2.69 bits per heavy atom. The predicted octanol–water partition coefficient (Wildman–Crippen LogP) is 3.50. The lowest BCUT2D eigenvalue weighted by atomic mass is 9.98. The van der Waals surface area contributed by atoms with Crippen LogP contribution in [0.15, 0.2) is 54.6 Å². The van der Waals surface area contributed by atoms with Gasteiger partial charge in [0, 0.05) is 19.1 Å². The Labute approximate surface area is 155 Å². The van der Waals surface area contributed by atoms with Crippen LogP contribution in [0.3, 0.4) is 0 Å². The van der Waals surface area contributed by atoms with Gasteiger partial charge < -0.3 is 10.4 Å². The maximum Gasteiger partial charge on any atom is 0.224 e. The number of likely N-dealkylation sites (tertiary alicyclic amines) is 1. The Morgan fingerprint density at radius 2 is 1.88 bits per heavy atom. The predicted molar refractivity (Wildman–Crippen MR) is 104 cm³/mol. The third-order valence-electron chi connectivity index (χ3n) is 5.05. The molecule has 0 unspecified atom stereocenters. The van der Waals surface area contributed by atoms with Gasteiger partial charge >= 0.3 is 0 Å². The number of piperidine rings is 1. The second-order valence-corrected chi connectivity index (χ2v) is 7.09. The summed E-state index contributed by atoms with van der Waals surface area (Å²) in [6.07, 6.45) is 5.03. The number of benzene rings is 2. The molecule has 1 aliphatic heterocycles. The van der Waals surface area contributed by atoms with Crippen molar-refractivity contribution in [3.05, 3.63) is 65.7 Å². The molecule has 1 heterocycles. The van der Waals surface area contributed by atoms with Crippen molar-refractivity contribution in [2.45, 2.75) is 44.7 Å². The number of phenols is 1. The molecule has 0 bridgehead atoms. The summed E-state index contributed by atoms with van der Waals surface area (Å²) in [4.78, 5) is 14.7. The molecule has 0 aromatic heterocycles. The molecule has 4 nitrogen and oxygen atoms in total. The summed E-state index contributed by atoms with van der Waals surface area (Å²) < 4.78 is 0. The third kappa shape index (κ3) is 5.60. The Balaban J connectivity index is 1.45. The normalized spacial score (nSPS) is 17.8. The maximum absolute atomic E-state index is 12.1. The lowest BCUT2D eigenvalue weighted by Gasteiger charge is -2.36. The van der Waals surface area contributed by atoms with Crippen LogP contribution in [0.5, 0.6) is 5.75 Å². The highest BCUT2D eigenvalue weighted by Gasteiger charge is 2.22. The van der Waals surface area contributed by atoms with Crippen LogP contribution in [0.4, 0.5) is 0 Å². The van der Waals surface area contributed by atoms with E-state index in [4.69, 9.17) is 0 Å². The van der Waals surface area contributed by atoms with Gasteiger partial charge in [0.05, 0.1) is 6.42 Å². The van der Waals surface area contributed by atoms with Gasteiger partial charge in [-0.15, -0.1) is 0 Å². The van der Waals surface area contributed by atoms with Crippen LogP contribution in [0.25, 0.3) is 0 Å². The van der Waals surface area contributed by atoms with Crippen molar-refractivity contribution in [1.82, 2.24) is 10.2 Å². The number of nitrogens with zero attached hydrogens (tertiary/aromatic N) is 1. The molecule has 2 N–H and O–H groups in total. The first kappa shape index (κ1) is 18.5. The van der Waals surface area contributed by atoms with Crippen LogP contribution in [0.1, 0.15) is 36.8 Å². The summed E-state index contributed by atoms with van der Waals surface area (Å²) in [6.45, 7) is 2.83. The summed E-state index contributed by atoms with van der Waals surface area (Å²) in [5.74, 6) is 0.218. The number of hydrogen-bond acceptors (Lipinski definition) is 3. The van der Waals surface area contributed by atoms with Gasteiger partial charge in [0.2, 0.25) is 5.91 Å². The minimum absolute atomic E-state index is 0.0148. The van der Waals surface area contributed by atoms with Gasteiger partial charge in [-0.05, 0) is 49.1 Å². The number of nitrogens with one attached hydrogen (secondary N) is 1. The van der Waals surface area contributed by atoms with Gasteiger partial charge in [-0.2, -0.15) is 0 Å². The van der Waals surface area contributed by atoms with Crippen LogP contribution in [-0.2, 0) is 17.8 Å². The van der Waals surface area contributed by atoms with Gasteiger partial charge in [0.1, 0.15) is 5.75 Å². The van der Waals surface area contributed by atoms with Crippen molar-refractivity contribution >= 4 is 5.91 Å². The molecule has 138 valence electrons. The van der Waals surface area contributed by atoms with E-state index in [9.17, 15) is 9.90 Å². The molecule has 0 saturated carbocycles. The molecule has 3 rings (SSSR count). The Morgan fingerprint density at radius 1 is 1.08 bits per heavy atom. The highest BCUT2D eigenvalue weighted by Crippen LogP contribution is 2.21. The highest BCUT2D eigenvalue weighted by atomic mass is 16.3. The number of hydrogen-bond donors (Lipinski definition) is 2. The van der Waals surface area contributed by atoms with Crippen molar-refractivity contribution in [2.24, 2.45) is 0 Å². The summed E-state index contributed by atoms with van der Waals surface area (Å²) in [7, 11) is 0. The first-order valence-electron chi connectivity index (χ1n) is 9.53. The van der Waals surface area contributed by atoms with Crippen LogP contribution < -0.4 is 5.32 Å². The largest absolute Gasteiger partial charge is 0.508 e. The minimum Gasteiger partial charge on any atom is -0.508 e. The Bertz CT molecular complexity index is 702. The van der Waals surface area contributed by atoms with E-state index in [0.717, 1.165) is 25.1 Å². The smallest absolute Gasteiger partial charge is 0.224 e. The SMILES string of the molecule is O=C(Cc1cccc(O)c1)NCC[C@@H]1CCCCN1Cc1ccccc1. The standard InChI is InChI=1S/C22H28N2O2/c25-21-11-6-9-19(15-21)16-22(26)23-13-12-20-10-4-5-14-24(20)17-18-7-2-1-3-8-18/h1-3,6-9,11,15,20,25H,4-5,10,12-14,16-17H2,(H,23,26)/t20-/m0/s1. The van der Waals surface area contributed by atoms with E-state index in [1.54, 1.807) is 18.2 Å². The molecule has 1 aliphatic rings. The molecule has 1 fully saturated rings. The average Bonchev–Trinajstić information content (AvgIpc) is 2.64. The fourth-order valence-electron chi connectivity index (χ4n) is 3.71. The molecular weight excluding hydrogens is 324 g/mol. The summed E-state index contributed by atoms with van der Waals surface area (Å²) in [6, 6.07) is 18.0. The van der Waals surface area contributed by atoms with Gasteiger partial charge in [-0.3, -0.25) is 9.69 Å².